The zero-order valence-corrected chi connectivity index (χ0v) is 9.94. The zero-order chi connectivity index (χ0) is 10.2. The lowest BCUT2D eigenvalue weighted by atomic mass is 10.1. The molecule has 0 saturated heterocycles. The highest BCUT2D eigenvalue weighted by Crippen LogP contribution is 2.31. The molecule has 14 heavy (non-hydrogen) atoms. The van der Waals surface area contributed by atoms with Gasteiger partial charge >= 0.3 is 0 Å². The third-order valence-electron chi connectivity index (χ3n) is 2.30. The largest absolute Gasteiger partial charge is 0.154 e. The SMILES string of the molecule is CCCCSC(CC)c1cc[c]cc1. The summed E-state index contributed by atoms with van der Waals surface area (Å²) in [6, 6.07) is 11.5. The second kappa shape index (κ2) is 6.94. The molecule has 0 aliphatic heterocycles. The summed E-state index contributed by atoms with van der Waals surface area (Å²) in [6.45, 7) is 4.51. The number of thioether (sulfide) groups is 1. The minimum atomic E-state index is 0.677. The highest BCUT2D eigenvalue weighted by atomic mass is 32.2. The van der Waals surface area contributed by atoms with E-state index in [0.717, 1.165) is 0 Å². The van der Waals surface area contributed by atoms with Crippen molar-refractivity contribution in [1.29, 1.82) is 0 Å². The first-order chi connectivity index (χ1) is 6.88. The van der Waals surface area contributed by atoms with E-state index in [-0.39, 0.29) is 0 Å². The number of unbranched alkanes of at least 4 members (excludes halogenated alkanes) is 1. The van der Waals surface area contributed by atoms with Crippen LogP contribution < -0.4 is 0 Å². The van der Waals surface area contributed by atoms with Crippen LogP contribution in [0.5, 0.6) is 0 Å². The molecule has 1 rings (SSSR count). The smallest absolute Gasteiger partial charge is 0.0294 e. The van der Waals surface area contributed by atoms with Crippen molar-refractivity contribution < 1.29 is 0 Å². The average molecular weight is 207 g/mol. The molecule has 0 aliphatic carbocycles. The lowest BCUT2D eigenvalue weighted by Gasteiger charge is -2.14. The molecule has 0 aliphatic rings. The molecule has 77 valence electrons. The molecule has 1 atom stereocenters. The van der Waals surface area contributed by atoms with Crippen molar-refractivity contribution >= 4 is 11.8 Å². The van der Waals surface area contributed by atoms with Gasteiger partial charge in [0.15, 0.2) is 0 Å². The normalized spacial score (nSPS) is 12.7. The molecule has 1 radical (unpaired) electrons. The number of hydrogen-bond acceptors (Lipinski definition) is 1. The Labute approximate surface area is 92.1 Å². The van der Waals surface area contributed by atoms with Crippen LogP contribution in [0.4, 0.5) is 0 Å². The number of benzene rings is 1. The molecule has 1 aromatic carbocycles. The van der Waals surface area contributed by atoms with Crippen LogP contribution in [0.25, 0.3) is 0 Å². The lowest BCUT2D eigenvalue weighted by molar-refractivity contribution is 0.867. The van der Waals surface area contributed by atoms with Gasteiger partial charge in [0.2, 0.25) is 0 Å². The van der Waals surface area contributed by atoms with E-state index in [0.29, 0.717) is 5.25 Å². The van der Waals surface area contributed by atoms with E-state index in [9.17, 15) is 0 Å². The van der Waals surface area contributed by atoms with Crippen LogP contribution in [0, 0.1) is 6.07 Å². The third-order valence-corrected chi connectivity index (χ3v) is 3.84. The molecular weight excluding hydrogens is 188 g/mol. The van der Waals surface area contributed by atoms with Crippen LogP contribution in [0.2, 0.25) is 0 Å². The predicted molar refractivity (Wildman–Crippen MR) is 65.7 cm³/mol. The molecular formula is C13H19S. The van der Waals surface area contributed by atoms with Gasteiger partial charge in [-0.25, -0.2) is 0 Å². The fourth-order valence-electron chi connectivity index (χ4n) is 1.43. The van der Waals surface area contributed by atoms with Gasteiger partial charge in [-0.15, -0.1) is 0 Å². The van der Waals surface area contributed by atoms with Crippen LogP contribution in [0.1, 0.15) is 43.9 Å². The second-order valence-corrected chi connectivity index (χ2v) is 4.77. The van der Waals surface area contributed by atoms with Crippen LogP contribution >= 0.6 is 11.8 Å². The van der Waals surface area contributed by atoms with E-state index in [1.165, 1.54) is 30.6 Å². The van der Waals surface area contributed by atoms with Crippen LogP contribution in [-0.2, 0) is 0 Å². The van der Waals surface area contributed by atoms with Crippen molar-refractivity contribution in [2.75, 3.05) is 5.75 Å². The first-order valence-corrected chi connectivity index (χ1v) is 6.51. The Balaban J connectivity index is 2.46. The van der Waals surface area contributed by atoms with Crippen LogP contribution in [-0.4, -0.2) is 5.75 Å². The van der Waals surface area contributed by atoms with Crippen molar-refractivity contribution in [2.45, 2.75) is 38.4 Å². The van der Waals surface area contributed by atoms with Gasteiger partial charge in [0, 0.05) is 5.25 Å². The standard InChI is InChI=1S/C13H19S/c1-3-5-11-14-13(4-2)12-9-7-6-8-10-12/h7-10,13H,3-5,11H2,1-2H3. The Morgan fingerprint density at radius 1 is 1.29 bits per heavy atom. The maximum atomic E-state index is 3.07. The van der Waals surface area contributed by atoms with Gasteiger partial charge in [-0.05, 0) is 30.2 Å². The van der Waals surface area contributed by atoms with E-state index in [2.05, 4.69) is 43.8 Å². The molecule has 0 nitrogen and oxygen atoms in total. The van der Waals surface area contributed by atoms with Crippen molar-refractivity contribution in [1.82, 2.24) is 0 Å². The van der Waals surface area contributed by atoms with Crippen molar-refractivity contribution in [3.8, 4) is 0 Å². The summed E-state index contributed by atoms with van der Waals surface area (Å²) in [6.07, 6.45) is 3.85. The maximum Gasteiger partial charge on any atom is 0.0294 e. The van der Waals surface area contributed by atoms with E-state index >= 15 is 0 Å². The first-order valence-electron chi connectivity index (χ1n) is 5.46. The molecule has 0 amide bonds. The minimum absolute atomic E-state index is 0.677. The van der Waals surface area contributed by atoms with Crippen LogP contribution in [0.15, 0.2) is 24.3 Å². The average Bonchev–Trinajstić information content (AvgIpc) is 2.26. The highest BCUT2D eigenvalue weighted by molar-refractivity contribution is 7.99. The quantitative estimate of drug-likeness (QED) is 0.620. The van der Waals surface area contributed by atoms with Gasteiger partial charge in [0.1, 0.15) is 0 Å². The summed E-state index contributed by atoms with van der Waals surface area (Å²) < 4.78 is 0. The molecule has 1 heteroatoms. The molecule has 0 fully saturated rings. The summed E-state index contributed by atoms with van der Waals surface area (Å²) in [7, 11) is 0. The first kappa shape index (κ1) is 11.6. The van der Waals surface area contributed by atoms with E-state index in [4.69, 9.17) is 0 Å². The third kappa shape index (κ3) is 3.75. The van der Waals surface area contributed by atoms with Gasteiger partial charge in [-0.2, -0.15) is 11.8 Å². The Kier molecular flexibility index (Phi) is 5.77. The molecule has 0 spiro atoms. The Hall–Kier alpha value is -0.430. The molecule has 1 aromatic rings. The molecule has 0 aromatic heterocycles. The molecule has 0 heterocycles. The Morgan fingerprint density at radius 3 is 2.57 bits per heavy atom. The maximum absolute atomic E-state index is 3.07. The van der Waals surface area contributed by atoms with Gasteiger partial charge in [0.05, 0.1) is 0 Å². The predicted octanol–water partition coefficient (Wildman–Crippen LogP) is 4.47. The van der Waals surface area contributed by atoms with Gasteiger partial charge in [0.25, 0.3) is 0 Å². The topological polar surface area (TPSA) is 0 Å². The molecule has 0 N–H and O–H groups in total. The molecule has 0 saturated carbocycles. The summed E-state index contributed by atoms with van der Waals surface area (Å²) in [4.78, 5) is 0. The molecule has 1 unspecified atom stereocenters. The van der Waals surface area contributed by atoms with E-state index in [1.54, 1.807) is 0 Å². The summed E-state index contributed by atoms with van der Waals surface area (Å²) in [5.74, 6) is 1.29. The van der Waals surface area contributed by atoms with E-state index in [1.807, 2.05) is 12.1 Å². The number of rotatable bonds is 6. The monoisotopic (exact) mass is 207 g/mol. The van der Waals surface area contributed by atoms with Crippen molar-refractivity contribution in [2.24, 2.45) is 0 Å². The Bertz CT molecular complexity index is 230. The van der Waals surface area contributed by atoms with Gasteiger partial charge < -0.3 is 0 Å². The van der Waals surface area contributed by atoms with Crippen molar-refractivity contribution in [3.05, 3.63) is 35.9 Å². The summed E-state index contributed by atoms with van der Waals surface area (Å²) >= 11 is 2.09. The highest BCUT2D eigenvalue weighted by Gasteiger charge is 2.07. The van der Waals surface area contributed by atoms with Gasteiger partial charge in [-0.3, -0.25) is 0 Å². The fourth-order valence-corrected chi connectivity index (χ4v) is 2.76. The number of hydrogen-bond donors (Lipinski definition) is 0. The van der Waals surface area contributed by atoms with E-state index < -0.39 is 0 Å². The van der Waals surface area contributed by atoms with Crippen LogP contribution in [0.3, 0.4) is 0 Å². The fraction of sp³-hybridized carbons (Fsp3) is 0.538. The van der Waals surface area contributed by atoms with Crippen molar-refractivity contribution in [3.63, 3.8) is 0 Å². The summed E-state index contributed by atoms with van der Waals surface area (Å²) in [5, 5.41) is 0.677. The second-order valence-electron chi connectivity index (χ2n) is 3.45. The lowest BCUT2D eigenvalue weighted by Crippen LogP contribution is -1.93. The Morgan fingerprint density at radius 2 is 2.00 bits per heavy atom. The zero-order valence-electron chi connectivity index (χ0n) is 9.12. The van der Waals surface area contributed by atoms with Gasteiger partial charge in [-0.1, -0.05) is 44.5 Å². The summed E-state index contributed by atoms with van der Waals surface area (Å²) in [5.41, 5.74) is 1.45. The minimum Gasteiger partial charge on any atom is -0.154 e. The molecule has 0 bridgehead atoms.